The van der Waals surface area contributed by atoms with Crippen LogP contribution in [0.5, 0.6) is 0 Å². The Balaban J connectivity index is 1.73. The van der Waals surface area contributed by atoms with E-state index in [-0.39, 0.29) is 18.9 Å². The highest BCUT2D eigenvalue weighted by Gasteiger charge is 2.38. The van der Waals surface area contributed by atoms with E-state index in [0.717, 1.165) is 22.3 Å². The Labute approximate surface area is 191 Å². The number of ether oxygens (including phenoxy) is 1. The smallest absolute Gasteiger partial charge is 0.407 e. The number of carboxylic acids is 1. The second kappa shape index (κ2) is 9.72. The molecule has 1 atom stereocenters. The Morgan fingerprint density at radius 3 is 2.09 bits per heavy atom. The minimum atomic E-state index is -1.24. The molecule has 0 spiro atoms. The number of fused-ring (bicyclic) bond motifs is 3. The van der Waals surface area contributed by atoms with Crippen LogP contribution in [0.2, 0.25) is 0 Å². The van der Waals surface area contributed by atoms with Crippen LogP contribution in [0.25, 0.3) is 11.1 Å². The van der Waals surface area contributed by atoms with Crippen LogP contribution < -0.4 is 16.4 Å². The molecule has 9 nitrogen and oxygen atoms in total. The second-order valence-corrected chi connectivity index (χ2v) is 8.65. The quantitative estimate of drug-likeness (QED) is 0.456. The molecule has 0 radical (unpaired) electrons. The Kier molecular flexibility index (Phi) is 7.01. The van der Waals surface area contributed by atoms with E-state index in [4.69, 9.17) is 15.6 Å². The molecular formula is C24H27N3O6. The molecule has 0 unspecified atom stereocenters. The van der Waals surface area contributed by atoms with Gasteiger partial charge in [-0.05, 0) is 22.3 Å². The van der Waals surface area contributed by atoms with Gasteiger partial charge in [-0.25, -0.2) is 4.79 Å². The third-order valence-electron chi connectivity index (χ3n) is 5.69. The first-order chi connectivity index (χ1) is 15.6. The maximum Gasteiger partial charge on any atom is 0.407 e. The van der Waals surface area contributed by atoms with Crippen LogP contribution in [0.4, 0.5) is 4.79 Å². The number of nitrogens with two attached hydrogens (primary N) is 1. The van der Waals surface area contributed by atoms with Gasteiger partial charge in [-0.15, -0.1) is 0 Å². The molecular weight excluding hydrogens is 426 g/mol. The monoisotopic (exact) mass is 453 g/mol. The normalized spacial score (nSPS) is 13.4. The minimum absolute atomic E-state index is 0.0412. The van der Waals surface area contributed by atoms with E-state index in [0.29, 0.717) is 0 Å². The summed E-state index contributed by atoms with van der Waals surface area (Å²) in [7, 11) is 0. The number of amides is 3. The molecule has 5 N–H and O–H groups in total. The van der Waals surface area contributed by atoms with Crippen molar-refractivity contribution in [3.8, 4) is 11.1 Å². The first-order valence-electron chi connectivity index (χ1n) is 10.5. The summed E-state index contributed by atoms with van der Waals surface area (Å²) in [5.41, 5.74) is 8.44. The zero-order valence-electron chi connectivity index (χ0n) is 18.5. The third kappa shape index (κ3) is 5.49. The number of carbonyl (C=O) groups excluding carboxylic acids is 3. The predicted molar refractivity (Wildman–Crippen MR) is 120 cm³/mol. The number of hydrogen-bond acceptors (Lipinski definition) is 5. The Morgan fingerprint density at radius 1 is 1.03 bits per heavy atom. The van der Waals surface area contributed by atoms with E-state index < -0.39 is 41.9 Å². The van der Waals surface area contributed by atoms with Crippen LogP contribution in [0.15, 0.2) is 48.5 Å². The van der Waals surface area contributed by atoms with Crippen LogP contribution >= 0.6 is 0 Å². The van der Waals surface area contributed by atoms with Gasteiger partial charge in [0.25, 0.3) is 0 Å². The van der Waals surface area contributed by atoms with Gasteiger partial charge in [0.2, 0.25) is 11.8 Å². The van der Waals surface area contributed by atoms with Crippen molar-refractivity contribution >= 4 is 23.9 Å². The Morgan fingerprint density at radius 2 is 1.58 bits per heavy atom. The molecule has 1 aliphatic carbocycles. The number of rotatable bonds is 9. The van der Waals surface area contributed by atoms with Crippen molar-refractivity contribution in [1.82, 2.24) is 10.6 Å². The van der Waals surface area contributed by atoms with Crippen molar-refractivity contribution in [2.45, 2.75) is 32.2 Å². The highest BCUT2D eigenvalue weighted by molar-refractivity contribution is 5.89. The van der Waals surface area contributed by atoms with Crippen molar-refractivity contribution in [2.75, 3.05) is 13.2 Å². The zero-order valence-corrected chi connectivity index (χ0v) is 18.5. The number of carbonyl (C=O) groups is 4. The molecule has 1 aliphatic rings. The van der Waals surface area contributed by atoms with E-state index in [9.17, 15) is 19.2 Å². The van der Waals surface area contributed by atoms with E-state index in [1.54, 1.807) is 13.8 Å². The van der Waals surface area contributed by atoms with Crippen LogP contribution in [0.3, 0.4) is 0 Å². The molecule has 0 saturated heterocycles. The highest BCUT2D eigenvalue weighted by atomic mass is 16.5. The van der Waals surface area contributed by atoms with Crippen molar-refractivity contribution in [3.05, 3.63) is 59.7 Å². The molecule has 0 bridgehead atoms. The fraction of sp³-hybridized carbons (Fsp3) is 0.333. The number of hydrogen-bond donors (Lipinski definition) is 4. The molecule has 0 heterocycles. The summed E-state index contributed by atoms with van der Waals surface area (Å²) >= 11 is 0. The molecule has 9 heteroatoms. The van der Waals surface area contributed by atoms with Crippen LogP contribution in [-0.4, -0.2) is 48.2 Å². The molecule has 0 saturated carbocycles. The summed E-state index contributed by atoms with van der Waals surface area (Å²) < 4.78 is 5.48. The molecule has 2 aromatic carbocycles. The van der Waals surface area contributed by atoms with Gasteiger partial charge in [0, 0.05) is 17.8 Å². The topological polar surface area (TPSA) is 148 Å². The summed E-state index contributed by atoms with van der Waals surface area (Å²) in [6, 6.07) is 14.5. The van der Waals surface area contributed by atoms with Crippen LogP contribution in [0.1, 0.15) is 37.3 Å². The van der Waals surface area contributed by atoms with Gasteiger partial charge in [0.05, 0.1) is 0 Å². The lowest BCUT2D eigenvalue weighted by Crippen LogP contribution is -2.56. The Bertz CT molecular complexity index is 1040. The molecule has 0 aromatic heterocycles. The molecule has 2 aromatic rings. The van der Waals surface area contributed by atoms with E-state index in [1.807, 2.05) is 48.5 Å². The average molecular weight is 453 g/mol. The van der Waals surface area contributed by atoms with Gasteiger partial charge < -0.3 is 26.2 Å². The van der Waals surface area contributed by atoms with E-state index in [2.05, 4.69) is 10.6 Å². The number of benzene rings is 2. The number of alkyl carbamates (subject to hydrolysis) is 1. The van der Waals surface area contributed by atoms with Gasteiger partial charge >= 0.3 is 12.1 Å². The van der Waals surface area contributed by atoms with Crippen LogP contribution in [0, 0.1) is 5.41 Å². The van der Waals surface area contributed by atoms with Gasteiger partial charge in [0.15, 0.2) is 0 Å². The van der Waals surface area contributed by atoms with Gasteiger partial charge in [-0.1, -0.05) is 62.4 Å². The minimum Gasteiger partial charge on any atom is -0.480 e. The van der Waals surface area contributed by atoms with Gasteiger partial charge in [-0.3, -0.25) is 14.4 Å². The maximum atomic E-state index is 12.7. The summed E-state index contributed by atoms with van der Waals surface area (Å²) in [4.78, 5) is 47.6. The molecule has 33 heavy (non-hydrogen) atoms. The summed E-state index contributed by atoms with van der Waals surface area (Å²) in [5.74, 6) is -2.82. The summed E-state index contributed by atoms with van der Waals surface area (Å²) in [6.45, 7) is 2.56. The van der Waals surface area contributed by atoms with E-state index in [1.165, 1.54) is 0 Å². The first-order valence-corrected chi connectivity index (χ1v) is 10.5. The first kappa shape index (κ1) is 23.8. The number of nitrogens with one attached hydrogen (secondary N) is 2. The summed E-state index contributed by atoms with van der Waals surface area (Å²) in [5, 5.41) is 13.6. The maximum absolute atomic E-state index is 12.7. The van der Waals surface area contributed by atoms with Crippen molar-refractivity contribution in [1.29, 1.82) is 0 Å². The predicted octanol–water partition coefficient (Wildman–Crippen LogP) is 2.00. The lowest BCUT2D eigenvalue weighted by Gasteiger charge is -2.32. The molecule has 174 valence electrons. The molecule has 3 rings (SSSR count). The largest absolute Gasteiger partial charge is 0.480 e. The summed E-state index contributed by atoms with van der Waals surface area (Å²) in [6.07, 6.45) is -1.06. The average Bonchev–Trinajstić information content (AvgIpc) is 3.07. The van der Waals surface area contributed by atoms with E-state index >= 15 is 0 Å². The fourth-order valence-corrected chi connectivity index (χ4v) is 4.19. The van der Waals surface area contributed by atoms with Crippen LogP contribution in [-0.2, 0) is 19.1 Å². The number of carboxylic acid groups (broad SMARTS) is 1. The van der Waals surface area contributed by atoms with Crippen molar-refractivity contribution < 1.29 is 29.0 Å². The number of primary amides is 1. The highest BCUT2D eigenvalue weighted by Crippen LogP contribution is 2.44. The lowest BCUT2D eigenvalue weighted by molar-refractivity contribution is -0.139. The second-order valence-electron chi connectivity index (χ2n) is 8.65. The number of aliphatic carboxylic acids is 1. The fourth-order valence-electron chi connectivity index (χ4n) is 4.19. The van der Waals surface area contributed by atoms with Crippen molar-refractivity contribution in [2.24, 2.45) is 11.1 Å². The Hall–Kier alpha value is -3.88. The standard InChI is InChI=1S/C24H27N3O6/c1-24(2,11-19(25)28)21(22(31)26-12-20(29)30)27-23(32)33-13-18-16-9-5-3-7-14(16)15-8-4-6-10-17(15)18/h3-10,18,21H,11-13H2,1-2H3,(H2,25,28)(H,26,31)(H,27,32)(H,29,30)/t21-/m1/s1. The molecule has 0 fully saturated rings. The molecule has 3 amide bonds. The molecule has 0 aliphatic heterocycles. The third-order valence-corrected chi connectivity index (χ3v) is 5.69. The lowest BCUT2D eigenvalue weighted by atomic mass is 9.80. The zero-order chi connectivity index (χ0) is 24.2. The SMILES string of the molecule is CC(C)(CC(N)=O)[C@H](NC(=O)OCC1c2ccccc2-c2ccccc21)C(=O)NCC(=O)O. The van der Waals surface area contributed by atoms with Gasteiger partial charge in [-0.2, -0.15) is 0 Å². The van der Waals surface area contributed by atoms with Crippen molar-refractivity contribution in [3.63, 3.8) is 0 Å². The van der Waals surface area contributed by atoms with Gasteiger partial charge in [0.1, 0.15) is 19.2 Å².